The van der Waals surface area contributed by atoms with Crippen molar-refractivity contribution >= 4 is 34.2 Å². The Morgan fingerprint density at radius 3 is 3.04 bits per heavy atom. The molecule has 0 radical (unpaired) electrons. The van der Waals surface area contributed by atoms with E-state index in [-0.39, 0.29) is 17.8 Å². The van der Waals surface area contributed by atoms with Gasteiger partial charge in [0.1, 0.15) is 5.84 Å². The number of amidine groups is 1. The van der Waals surface area contributed by atoms with Crippen LogP contribution >= 0.6 is 11.3 Å². The van der Waals surface area contributed by atoms with Crippen molar-refractivity contribution in [1.29, 1.82) is 0 Å². The van der Waals surface area contributed by atoms with Crippen LogP contribution in [0.25, 0.3) is 0 Å². The van der Waals surface area contributed by atoms with Crippen LogP contribution in [0.1, 0.15) is 29.1 Å². The summed E-state index contributed by atoms with van der Waals surface area (Å²) >= 11 is 1.19. The van der Waals surface area contributed by atoms with Crippen LogP contribution in [-0.4, -0.2) is 42.8 Å². The summed E-state index contributed by atoms with van der Waals surface area (Å²) in [5.41, 5.74) is 0.829. The van der Waals surface area contributed by atoms with Crippen LogP contribution in [0.2, 0.25) is 0 Å². The second-order valence-corrected chi connectivity index (χ2v) is 6.41. The van der Waals surface area contributed by atoms with Crippen molar-refractivity contribution < 1.29 is 9.90 Å². The van der Waals surface area contributed by atoms with Crippen molar-refractivity contribution in [3.63, 3.8) is 0 Å². The van der Waals surface area contributed by atoms with Gasteiger partial charge in [0.2, 0.25) is 5.95 Å². The summed E-state index contributed by atoms with van der Waals surface area (Å²) < 4.78 is 0. The molecule has 0 aliphatic carbocycles. The molecule has 2 aromatic rings. The second kappa shape index (κ2) is 6.10. The number of thiazole rings is 1. The van der Waals surface area contributed by atoms with Crippen LogP contribution in [0.15, 0.2) is 47.1 Å². The summed E-state index contributed by atoms with van der Waals surface area (Å²) in [5, 5.41) is 13.8. The van der Waals surface area contributed by atoms with Gasteiger partial charge in [0.05, 0.1) is 17.8 Å². The highest BCUT2D eigenvalue weighted by Crippen LogP contribution is 2.33. The molecule has 0 saturated heterocycles. The summed E-state index contributed by atoms with van der Waals surface area (Å²) in [5.74, 6) is 0.230. The maximum absolute atomic E-state index is 10.9. The summed E-state index contributed by atoms with van der Waals surface area (Å²) in [6, 6.07) is 1.91. The van der Waals surface area contributed by atoms with Gasteiger partial charge in [-0.1, -0.05) is 6.08 Å². The van der Waals surface area contributed by atoms with Gasteiger partial charge in [-0.25, -0.2) is 19.7 Å². The molecule has 4 rings (SSSR count). The highest BCUT2D eigenvalue weighted by molar-refractivity contribution is 7.14. The number of anilines is 2. The average Bonchev–Trinajstić information content (AvgIpc) is 3.18. The van der Waals surface area contributed by atoms with Crippen LogP contribution in [0.5, 0.6) is 0 Å². The van der Waals surface area contributed by atoms with Gasteiger partial charge in [-0.05, 0) is 25.1 Å². The van der Waals surface area contributed by atoms with Crippen LogP contribution in [-0.2, 0) is 0 Å². The number of fused-ring (bicyclic) bond motifs is 1. The highest BCUT2D eigenvalue weighted by Gasteiger charge is 2.34. The molecule has 0 amide bonds. The van der Waals surface area contributed by atoms with Gasteiger partial charge in [0, 0.05) is 17.8 Å². The molecule has 0 bridgehead atoms. The molecule has 2 aliphatic rings. The van der Waals surface area contributed by atoms with Crippen molar-refractivity contribution in [2.75, 3.05) is 5.32 Å². The Morgan fingerprint density at radius 2 is 2.24 bits per heavy atom. The zero-order valence-corrected chi connectivity index (χ0v) is 14.0. The van der Waals surface area contributed by atoms with E-state index in [4.69, 9.17) is 5.11 Å². The fourth-order valence-corrected chi connectivity index (χ4v) is 3.49. The second-order valence-electron chi connectivity index (χ2n) is 5.55. The monoisotopic (exact) mass is 354 g/mol. The molecule has 0 spiro atoms. The minimum Gasteiger partial charge on any atom is -0.476 e. The van der Waals surface area contributed by atoms with E-state index in [1.54, 1.807) is 6.20 Å². The van der Waals surface area contributed by atoms with E-state index in [0.29, 0.717) is 11.1 Å². The Bertz CT molecular complexity index is 919. The predicted octanol–water partition coefficient (Wildman–Crippen LogP) is 2.60. The molecule has 2 aliphatic heterocycles. The zero-order chi connectivity index (χ0) is 17.4. The third-order valence-electron chi connectivity index (χ3n) is 3.88. The van der Waals surface area contributed by atoms with Crippen LogP contribution in [0, 0.1) is 0 Å². The lowest BCUT2D eigenvalue weighted by Gasteiger charge is -2.26. The first-order valence-electron chi connectivity index (χ1n) is 7.61. The molecule has 4 heterocycles. The molecule has 2 aromatic heterocycles. The number of hydrogen-bond donors (Lipinski definition) is 2. The SMILES string of the molecule is CC1N=C2C=CC=CN2C1c1ccnc(Nc2nc(C(=O)O)cs2)n1. The van der Waals surface area contributed by atoms with Gasteiger partial charge < -0.3 is 15.3 Å². The summed E-state index contributed by atoms with van der Waals surface area (Å²) in [6.07, 6.45) is 9.56. The number of rotatable bonds is 4. The molecule has 9 heteroatoms. The van der Waals surface area contributed by atoms with E-state index in [1.807, 2.05) is 37.4 Å². The average molecular weight is 354 g/mol. The first-order valence-corrected chi connectivity index (χ1v) is 8.49. The number of aromatic carboxylic acids is 1. The maximum Gasteiger partial charge on any atom is 0.355 e. The summed E-state index contributed by atoms with van der Waals surface area (Å²) in [6.45, 7) is 2.05. The zero-order valence-electron chi connectivity index (χ0n) is 13.2. The first kappa shape index (κ1) is 15.5. The molecule has 126 valence electrons. The molecule has 2 N–H and O–H groups in total. The topological polar surface area (TPSA) is 104 Å². The molecule has 0 aromatic carbocycles. The van der Waals surface area contributed by atoms with E-state index in [2.05, 4.69) is 30.2 Å². The molecule has 25 heavy (non-hydrogen) atoms. The van der Waals surface area contributed by atoms with E-state index in [1.165, 1.54) is 16.7 Å². The van der Waals surface area contributed by atoms with Gasteiger partial charge in [-0.2, -0.15) is 0 Å². The first-order chi connectivity index (χ1) is 12.1. The minimum atomic E-state index is -1.06. The van der Waals surface area contributed by atoms with E-state index < -0.39 is 5.97 Å². The predicted molar refractivity (Wildman–Crippen MR) is 94.1 cm³/mol. The molecule has 2 atom stereocenters. The number of carbonyl (C=O) groups is 1. The van der Waals surface area contributed by atoms with Gasteiger partial charge in [-0.15, -0.1) is 11.3 Å². The van der Waals surface area contributed by atoms with E-state index in [9.17, 15) is 4.79 Å². The molecule has 8 nitrogen and oxygen atoms in total. The third kappa shape index (κ3) is 2.89. The lowest BCUT2D eigenvalue weighted by molar-refractivity contribution is 0.0691. The lowest BCUT2D eigenvalue weighted by Crippen LogP contribution is -2.28. The van der Waals surface area contributed by atoms with E-state index in [0.717, 1.165) is 11.5 Å². The number of nitrogens with one attached hydrogen (secondary N) is 1. The smallest absolute Gasteiger partial charge is 0.355 e. The number of carboxylic acids is 1. The Morgan fingerprint density at radius 1 is 1.36 bits per heavy atom. The number of nitrogens with zero attached hydrogens (tertiary/aromatic N) is 5. The third-order valence-corrected chi connectivity index (χ3v) is 4.64. The van der Waals surface area contributed by atoms with Gasteiger partial charge in [-0.3, -0.25) is 4.99 Å². The molecule has 2 unspecified atom stereocenters. The fraction of sp³-hybridized carbons (Fsp3) is 0.188. The molecular weight excluding hydrogens is 340 g/mol. The van der Waals surface area contributed by atoms with Gasteiger partial charge in [0.25, 0.3) is 0 Å². The van der Waals surface area contributed by atoms with Crippen molar-refractivity contribution in [1.82, 2.24) is 19.9 Å². The Hall–Kier alpha value is -3.07. The van der Waals surface area contributed by atoms with Crippen molar-refractivity contribution in [2.45, 2.75) is 19.0 Å². The number of carboxylic acid groups (broad SMARTS) is 1. The van der Waals surface area contributed by atoms with Gasteiger partial charge in [0.15, 0.2) is 10.8 Å². The normalized spacial score (nSPS) is 21.2. The number of aliphatic imine (C=N–C) groups is 1. The van der Waals surface area contributed by atoms with Crippen LogP contribution in [0.3, 0.4) is 0 Å². The van der Waals surface area contributed by atoms with Crippen LogP contribution < -0.4 is 5.32 Å². The van der Waals surface area contributed by atoms with Gasteiger partial charge >= 0.3 is 5.97 Å². The number of hydrogen-bond acceptors (Lipinski definition) is 8. The molecular formula is C16H14N6O2S. The van der Waals surface area contributed by atoms with E-state index >= 15 is 0 Å². The van der Waals surface area contributed by atoms with Crippen molar-refractivity contribution in [3.8, 4) is 0 Å². The standard InChI is InChI=1S/C16H14N6O2S/c1-9-13(22-7-3-2-4-12(22)18-9)10-5-6-17-15(19-10)21-16-20-11(8-25-16)14(23)24/h2-9,13H,1H3,(H,23,24)(H,17,19,20,21). The van der Waals surface area contributed by atoms with Crippen LogP contribution in [0.4, 0.5) is 11.1 Å². The van der Waals surface area contributed by atoms with Crippen molar-refractivity contribution in [2.24, 2.45) is 4.99 Å². The molecule has 0 saturated carbocycles. The summed E-state index contributed by atoms with van der Waals surface area (Å²) in [7, 11) is 0. The molecule has 0 fully saturated rings. The number of allylic oxidation sites excluding steroid dienone is 2. The maximum atomic E-state index is 10.9. The fourth-order valence-electron chi connectivity index (χ4n) is 2.82. The Labute approximate surface area is 147 Å². The highest BCUT2D eigenvalue weighted by atomic mass is 32.1. The number of aromatic nitrogens is 3. The van der Waals surface area contributed by atoms with Crippen molar-refractivity contribution in [3.05, 3.63) is 53.5 Å². The minimum absolute atomic E-state index is 0.00338. The Kier molecular flexibility index (Phi) is 3.77. The lowest BCUT2D eigenvalue weighted by atomic mass is 10.1. The largest absolute Gasteiger partial charge is 0.476 e. The Balaban J connectivity index is 1.58. The quantitative estimate of drug-likeness (QED) is 0.869. The summed E-state index contributed by atoms with van der Waals surface area (Å²) in [4.78, 5) is 30.4.